The quantitative estimate of drug-likeness (QED) is 0.760. The lowest BCUT2D eigenvalue weighted by Gasteiger charge is -2.12. The van der Waals surface area contributed by atoms with E-state index in [0.29, 0.717) is 28.0 Å². The number of alkyl halides is 1. The number of halogens is 2. The molecule has 2 aromatic carbocycles. The number of nitriles is 1. The molecule has 0 fully saturated rings. The molecule has 108 valence electrons. The Morgan fingerprint density at radius 2 is 2.00 bits per heavy atom. The fourth-order valence-corrected chi connectivity index (χ4v) is 2.32. The third kappa shape index (κ3) is 3.73. The minimum Gasteiger partial charge on any atom is -0.497 e. The summed E-state index contributed by atoms with van der Waals surface area (Å²) < 4.78 is 24.2. The van der Waals surface area contributed by atoms with Gasteiger partial charge >= 0.3 is 0 Å². The molecule has 0 spiro atoms. The van der Waals surface area contributed by atoms with Crippen LogP contribution in [0.3, 0.4) is 0 Å². The van der Waals surface area contributed by atoms with E-state index in [1.165, 1.54) is 18.2 Å². The molecular formula is C16H13BrFNO2. The summed E-state index contributed by atoms with van der Waals surface area (Å²) in [5, 5.41) is 9.66. The largest absolute Gasteiger partial charge is 0.497 e. The summed E-state index contributed by atoms with van der Waals surface area (Å²) >= 11 is 3.39. The Labute approximate surface area is 131 Å². The van der Waals surface area contributed by atoms with E-state index < -0.39 is 0 Å². The standard InChI is InChI=1S/C16H13BrFNO2/c1-20-15-5-3-11(8-17)16(7-15)21-10-13-6-14(18)4-2-12(13)9-19/h2-7H,8,10H2,1H3. The maximum Gasteiger partial charge on any atom is 0.127 e. The van der Waals surface area contributed by atoms with Gasteiger partial charge in [-0.05, 0) is 24.3 Å². The first kappa shape index (κ1) is 15.3. The number of methoxy groups -OCH3 is 1. The Morgan fingerprint density at radius 3 is 2.67 bits per heavy atom. The van der Waals surface area contributed by atoms with Gasteiger partial charge in [0.05, 0.1) is 18.7 Å². The molecule has 0 radical (unpaired) electrons. The van der Waals surface area contributed by atoms with Gasteiger partial charge in [0, 0.05) is 22.5 Å². The van der Waals surface area contributed by atoms with Crippen LogP contribution in [0.4, 0.5) is 4.39 Å². The van der Waals surface area contributed by atoms with E-state index in [1.54, 1.807) is 13.2 Å². The zero-order chi connectivity index (χ0) is 15.2. The van der Waals surface area contributed by atoms with Gasteiger partial charge in [-0.25, -0.2) is 4.39 Å². The molecule has 0 aliphatic heterocycles. The van der Waals surface area contributed by atoms with Gasteiger partial charge in [-0.3, -0.25) is 0 Å². The summed E-state index contributed by atoms with van der Waals surface area (Å²) in [4.78, 5) is 0. The molecule has 2 rings (SSSR count). The van der Waals surface area contributed by atoms with Crippen molar-refractivity contribution >= 4 is 15.9 Å². The van der Waals surface area contributed by atoms with E-state index >= 15 is 0 Å². The van der Waals surface area contributed by atoms with E-state index in [9.17, 15) is 4.39 Å². The van der Waals surface area contributed by atoms with Crippen LogP contribution < -0.4 is 9.47 Å². The van der Waals surface area contributed by atoms with Crippen LogP contribution in [-0.2, 0) is 11.9 Å². The van der Waals surface area contributed by atoms with Gasteiger partial charge in [-0.15, -0.1) is 0 Å². The minimum absolute atomic E-state index is 0.119. The normalized spacial score (nSPS) is 10.0. The average molecular weight is 350 g/mol. The van der Waals surface area contributed by atoms with Crippen LogP contribution in [0.1, 0.15) is 16.7 Å². The minimum atomic E-state index is -0.390. The molecule has 0 bridgehead atoms. The zero-order valence-corrected chi connectivity index (χ0v) is 13.0. The van der Waals surface area contributed by atoms with Crippen molar-refractivity contribution in [2.24, 2.45) is 0 Å². The Kier molecular flexibility index (Phi) is 5.18. The van der Waals surface area contributed by atoms with Crippen LogP contribution >= 0.6 is 15.9 Å². The predicted octanol–water partition coefficient (Wildman–Crippen LogP) is 4.18. The van der Waals surface area contributed by atoms with Crippen molar-refractivity contribution in [3.8, 4) is 17.6 Å². The summed E-state index contributed by atoms with van der Waals surface area (Å²) in [6.07, 6.45) is 0. The highest BCUT2D eigenvalue weighted by molar-refractivity contribution is 9.08. The Bertz CT molecular complexity index is 682. The summed E-state index contributed by atoms with van der Waals surface area (Å²) in [6, 6.07) is 11.5. The van der Waals surface area contributed by atoms with E-state index in [0.717, 1.165) is 5.56 Å². The molecule has 5 heteroatoms. The topological polar surface area (TPSA) is 42.2 Å². The summed E-state index contributed by atoms with van der Waals surface area (Å²) in [7, 11) is 1.58. The first-order chi connectivity index (χ1) is 10.2. The van der Waals surface area contributed by atoms with Crippen LogP contribution in [0.5, 0.6) is 11.5 Å². The SMILES string of the molecule is COc1ccc(CBr)c(OCc2cc(F)ccc2C#N)c1. The molecule has 0 aliphatic rings. The van der Waals surface area contributed by atoms with Crippen molar-refractivity contribution in [1.82, 2.24) is 0 Å². The number of hydrogen-bond donors (Lipinski definition) is 0. The molecule has 3 nitrogen and oxygen atoms in total. The predicted molar refractivity (Wildman–Crippen MR) is 81.1 cm³/mol. The number of benzene rings is 2. The van der Waals surface area contributed by atoms with Gasteiger partial charge in [0.25, 0.3) is 0 Å². The first-order valence-electron chi connectivity index (χ1n) is 6.22. The summed E-state index contributed by atoms with van der Waals surface area (Å²) in [5.41, 5.74) is 1.87. The Morgan fingerprint density at radius 1 is 1.19 bits per heavy atom. The highest BCUT2D eigenvalue weighted by Crippen LogP contribution is 2.27. The fourth-order valence-electron chi connectivity index (χ4n) is 1.85. The number of ether oxygens (including phenoxy) is 2. The fraction of sp³-hybridized carbons (Fsp3) is 0.188. The average Bonchev–Trinajstić information content (AvgIpc) is 2.52. The molecule has 0 saturated carbocycles. The molecule has 0 amide bonds. The zero-order valence-electron chi connectivity index (χ0n) is 11.4. The van der Waals surface area contributed by atoms with Gasteiger partial charge in [-0.2, -0.15) is 5.26 Å². The number of hydrogen-bond acceptors (Lipinski definition) is 3. The van der Waals surface area contributed by atoms with Crippen molar-refractivity contribution in [2.75, 3.05) is 7.11 Å². The molecule has 0 aromatic heterocycles. The smallest absolute Gasteiger partial charge is 0.127 e. The molecule has 0 heterocycles. The highest BCUT2D eigenvalue weighted by Gasteiger charge is 2.08. The van der Waals surface area contributed by atoms with Crippen LogP contribution in [0.15, 0.2) is 36.4 Å². The van der Waals surface area contributed by atoms with Gasteiger partial charge in [0.2, 0.25) is 0 Å². The van der Waals surface area contributed by atoms with Gasteiger partial charge < -0.3 is 9.47 Å². The van der Waals surface area contributed by atoms with Crippen LogP contribution in [-0.4, -0.2) is 7.11 Å². The third-order valence-electron chi connectivity index (χ3n) is 2.99. The summed E-state index contributed by atoms with van der Waals surface area (Å²) in [6.45, 7) is 0.119. The number of rotatable bonds is 5. The Balaban J connectivity index is 2.24. The van der Waals surface area contributed by atoms with Crippen LogP contribution in [0, 0.1) is 17.1 Å². The lowest BCUT2D eigenvalue weighted by molar-refractivity contribution is 0.300. The van der Waals surface area contributed by atoms with E-state index in [-0.39, 0.29) is 12.4 Å². The summed E-state index contributed by atoms with van der Waals surface area (Å²) in [5.74, 6) is 0.924. The highest BCUT2D eigenvalue weighted by atomic mass is 79.9. The molecule has 0 atom stereocenters. The second-order valence-corrected chi connectivity index (χ2v) is 4.87. The molecule has 21 heavy (non-hydrogen) atoms. The monoisotopic (exact) mass is 349 g/mol. The second-order valence-electron chi connectivity index (χ2n) is 4.31. The maximum atomic E-state index is 13.3. The molecule has 0 aliphatic carbocycles. The van der Waals surface area contributed by atoms with Gasteiger partial charge in [0.1, 0.15) is 23.9 Å². The molecular weight excluding hydrogens is 337 g/mol. The maximum absolute atomic E-state index is 13.3. The van der Waals surface area contributed by atoms with Crippen molar-refractivity contribution in [3.05, 3.63) is 58.9 Å². The molecule has 0 saturated heterocycles. The van der Waals surface area contributed by atoms with Crippen molar-refractivity contribution in [2.45, 2.75) is 11.9 Å². The second kappa shape index (κ2) is 7.09. The molecule has 2 aromatic rings. The molecule has 0 N–H and O–H groups in total. The van der Waals surface area contributed by atoms with E-state index in [4.69, 9.17) is 14.7 Å². The number of nitrogens with zero attached hydrogens (tertiary/aromatic N) is 1. The van der Waals surface area contributed by atoms with Crippen LogP contribution in [0.2, 0.25) is 0 Å². The Hall–Kier alpha value is -2.06. The van der Waals surface area contributed by atoms with Crippen molar-refractivity contribution in [1.29, 1.82) is 5.26 Å². The van der Waals surface area contributed by atoms with Gasteiger partial charge in [-0.1, -0.05) is 22.0 Å². The molecule has 0 unspecified atom stereocenters. The van der Waals surface area contributed by atoms with E-state index in [2.05, 4.69) is 15.9 Å². The first-order valence-corrected chi connectivity index (χ1v) is 7.34. The van der Waals surface area contributed by atoms with Crippen LogP contribution in [0.25, 0.3) is 0 Å². The van der Waals surface area contributed by atoms with Crippen molar-refractivity contribution in [3.63, 3.8) is 0 Å². The lowest BCUT2D eigenvalue weighted by atomic mass is 10.1. The van der Waals surface area contributed by atoms with Crippen molar-refractivity contribution < 1.29 is 13.9 Å². The lowest BCUT2D eigenvalue weighted by Crippen LogP contribution is -2.01. The third-order valence-corrected chi connectivity index (χ3v) is 3.59. The van der Waals surface area contributed by atoms with Gasteiger partial charge in [0.15, 0.2) is 0 Å². The van der Waals surface area contributed by atoms with E-state index in [1.807, 2.05) is 18.2 Å².